The molecule has 1 atom stereocenters. The minimum absolute atomic E-state index is 0.452. The van der Waals surface area contributed by atoms with Gasteiger partial charge >= 0.3 is 0 Å². The Morgan fingerprint density at radius 1 is 1.18 bits per heavy atom. The molecule has 0 bridgehead atoms. The van der Waals surface area contributed by atoms with Gasteiger partial charge < -0.3 is 14.8 Å². The summed E-state index contributed by atoms with van der Waals surface area (Å²) >= 11 is 0. The molecule has 0 aliphatic heterocycles. The third-order valence-electron chi connectivity index (χ3n) is 2.44. The largest absolute Gasteiger partial charge is 0.493 e. The monoisotopic (exact) mass is 245 g/mol. The van der Waals surface area contributed by atoms with Crippen molar-refractivity contribution >= 4 is 0 Å². The van der Waals surface area contributed by atoms with Crippen LogP contribution in [0.3, 0.4) is 0 Å². The minimum atomic E-state index is -2.46. The van der Waals surface area contributed by atoms with Crippen LogP contribution in [-0.2, 0) is 0 Å². The van der Waals surface area contributed by atoms with Gasteiger partial charge in [-0.15, -0.1) is 0 Å². The predicted octanol–water partition coefficient (Wildman–Crippen LogP) is 2.62. The molecule has 0 saturated carbocycles. The first-order valence-electron chi connectivity index (χ1n) is 5.37. The Kier molecular flexibility index (Phi) is 5.15. The summed E-state index contributed by atoms with van der Waals surface area (Å²) in [5, 5.41) is 2.74. The molecule has 3 nitrogen and oxygen atoms in total. The van der Waals surface area contributed by atoms with Gasteiger partial charge in [-0.2, -0.15) is 0 Å². The molecule has 17 heavy (non-hydrogen) atoms. The van der Waals surface area contributed by atoms with Gasteiger partial charge in [0.05, 0.1) is 20.3 Å². The van der Waals surface area contributed by atoms with Crippen molar-refractivity contribution in [3.05, 3.63) is 23.8 Å². The van der Waals surface area contributed by atoms with Gasteiger partial charge in [0.1, 0.15) is 0 Å². The van der Waals surface area contributed by atoms with Crippen LogP contribution in [0.15, 0.2) is 18.2 Å². The lowest BCUT2D eigenvalue weighted by molar-refractivity contribution is 0.0991. The summed E-state index contributed by atoms with van der Waals surface area (Å²) in [6.45, 7) is 2.26. The number of methoxy groups -OCH3 is 2. The van der Waals surface area contributed by atoms with Crippen LogP contribution in [0, 0.1) is 0 Å². The normalized spacial score (nSPS) is 12.6. The van der Waals surface area contributed by atoms with Gasteiger partial charge in [0.25, 0.3) is 6.43 Å². The van der Waals surface area contributed by atoms with E-state index in [1.165, 1.54) is 14.2 Å². The number of hydrogen-bond donors (Lipinski definition) is 1. The van der Waals surface area contributed by atoms with E-state index >= 15 is 0 Å². The second kappa shape index (κ2) is 6.39. The molecule has 0 amide bonds. The van der Waals surface area contributed by atoms with Crippen molar-refractivity contribution in [2.75, 3.05) is 20.8 Å². The average molecular weight is 245 g/mol. The lowest BCUT2D eigenvalue weighted by Crippen LogP contribution is -2.27. The number of ether oxygens (including phenoxy) is 2. The van der Waals surface area contributed by atoms with Crippen LogP contribution in [0.25, 0.3) is 0 Å². The topological polar surface area (TPSA) is 30.5 Å². The van der Waals surface area contributed by atoms with E-state index in [4.69, 9.17) is 9.47 Å². The van der Waals surface area contributed by atoms with Crippen LogP contribution in [0.5, 0.6) is 11.5 Å². The minimum Gasteiger partial charge on any atom is -0.493 e. The van der Waals surface area contributed by atoms with Crippen LogP contribution in [-0.4, -0.2) is 27.2 Å². The Morgan fingerprint density at radius 2 is 1.82 bits per heavy atom. The van der Waals surface area contributed by atoms with Gasteiger partial charge in [0.2, 0.25) is 0 Å². The molecule has 1 unspecified atom stereocenters. The second-order valence-corrected chi connectivity index (χ2v) is 3.48. The number of rotatable bonds is 6. The highest BCUT2D eigenvalue weighted by Crippen LogP contribution is 2.31. The molecule has 96 valence electrons. The Labute approximate surface area is 99.7 Å². The van der Waals surface area contributed by atoms with Gasteiger partial charge in [0.15, 0.2) is 11.5 Å². The first kappa shape index (κ1) is 13.7. The summed E-state index contributed by atoms with van der Waals surface area (Å²) in [7, 11) is 2.98. The van der Waals surface area contributed by atoms with Crippen molar-refractivity contribution in [3.8, 4) is 11.5 Å². The van der Waals surface area contributed by atoms with Gasteiger partial charge in [0, 0.05) is 0 Å². The van der Waals surface area contributed by atoms with Crippen LogP contribution in [0.4, 0.5) is 8.78 Å². The SMILES string of the molecule is CCNC(c1ccc(OC)c(OC)c1)C(F)F. The van der Waals surface area contributed by atoms with Crippen LogP contribution in [0.1, 0.15) is 18.5 Å². The van der Waals surface area contributed by atoms with E-state index in [1.807, 2.05) is 0 Å². The summed E-state index contributed by atoms with van der Waals surface area (Å²) in [4.78, 5) is 0. The van der Waals surface area contributed by atoms with Crippen molar-refractivity contribution in [2.24, 2.45) is 0 Å². The average Bonchev–Trinajstić information content (AvgIpc) is 2.34. The van der Waals surface area contributed by atoms with Crippen molar-refractivity contribution in [1.82, 2.24) is 5.32 Å². The summed E-state index contributed by atoms with van der Waals surface area (Å²) in [6.07, 6.45) is -2.46. The van der Waals surface area contributed by atoms with E-state index in [-0.39, 0.29) is 0 Å². The van der Waals surface area contributed by atoms with E-state index in [9.17, 15) is 8.78 Å². The Bertz CT molecular complexity index is 358. The molecular formula is C12H17F2NO2. The maximum Gasteiger partial charge on any atom is 0.257 e. The number of hydrogen-bond acceptors (Lipinski definition) is 3. The fourth-order valence-corrected chi connectivity index (χ4v) is 1.62. The summed E-state index contributed by atoms with van der Waals surface area (Å²) in [6, 6.07) is 3.82. The Balaban J connectivity index is 3.03. The van der Waals surface area contributed by atoms with Gasteiger partial charge in [-0.25, -0.2) is 8.78 Å². The first-order valence-corrected chi connectivity index (χ1v) is 5.37. The van der Waals surface area contributed by atoms with Crippen LogP contribution >= 0.6 is 0 Å². The summed E-state index contributed by atoms with van der Waals surface area (Å²) in [5.41, 5.74) is 0.486. The highest BCUT2D eigenvalue weighted by Gasteiger charge is 2.22. The van der Waals surface area contributed by atoms with E-state index < -0.39 is 12.5 Å². The van der Waals surface area contributed by atoms with E-state index in [0.717, 1.165) is 0 Å². The molecule has 0 spiro atoms. The zero-order chi connectivity index (χ0) is 12.8. The van der Waals surface area contributed by atoms with Crippen molar-refractivity contribution in [1.29, 1.82) is 0 Å². The third-order valence-corrected chi connectivity index (χ3v) is 2.44. The lowest BCUT2D eigenvalue weighted by Gasteiger charge is -2.18. The van der Waals surface area contributed by atoms with Gasteiger partial charge in [-0.1, -0.05) is 13.0 Å². The predicted molar refractivity (Wildman–Crippen MR) is 62.0 cm³/mol. The van der Waals surface area contributed by atoms with E-state index in [0.29, 0.717) is 23.6 Å². The molecule has 0 saturated heterocycles. The summed E-state index contributed by atoms with van der Waals surface area (Å²) < 4.78 is 35.9. The first-order chi connectivity index (χ1) is 8.13. The quantitative estimate of drug-likeness (QED) is 0.835. The number of benzene rings is 1. The molecule has 0 heterocycles. The van der Waals surface area contributed by atoms with E-state index in [1.54, 1.807) is 25.1 Å². The zero-order valence-electron chi connectivity index (χ0n) is 10.2. The second-order valence-electron chi connectivity index (χ2n) is 3.48. The Hall–Kier alpha value is -1.36. The molecule has 1 aromatic carbocycles. The molecule has 1 N–H and O–H groups in total. The molecule has 5 heteroatoms. The zero-order valence-corrected chi connectivity index (χ0v) is 10.2. The maximum atomic E-state index is 12.9. The molecule has 0 fully saturated rings. The fourth-order valence-electron chi connectivity index (χ4n) is 1.62. The molecule has 1 rings (SSSR count). The summed E-state index contributed by atoms with van der Waals surface area (Å²) in [5.74, 6) is 0.981. The number of alkyl halides is 2. The van der Waals surface area contributed by atoms with Crippen molar-refractivity contribution in [3.63, 3.8) is 0 Å². The lowest BCUT2D eigenvalue weighted by atomic mass is 10.1. The highest BCUT2D eigenvalue weighted by molar-refractivity contribution is 5.43. The molecule has 0 aliphatic rings. The molecule has 0 aliphatic carbocycles. The molecule has 0 radical (unpaired) electrons. The Morgan fingerprint density at radius 3 is 2.29 bits per heavy atom. The van der Waals surface area contributed by atoms with Crippen molar-refractivity contribution in [2.45, 2.75) is 19.4 Å². The van der Waals surface area contributed by atoms with Crippen molar-refractivity contribution < 1.29 is 18.3 Å². The fraction of sp³-hybridized carbons (Fsp3) is 0.500. The molecule has 0 aromatic heterocycles. The highest BCUT2D eigenvalue weighted by atomic mass is 19.3. The van der Waals surface area contributed by atoms with Crippen LogP contribution < -0.4 is 14.8 Å². The third kappa shape index (κ3) is 3.30. The van der Waals surface area contributed by atoms with Crippen LogP contribution in [0.2, 0.25) is 0 Å². The maximum absolute atomic E-state index is 12.9. The van der Waals surface area contributed by atoms with Gasteiger partial charge in [-0.05, 0) is 24.2 Å². The van der Waals surface area contributed by atoms with Gasteiger partial charge in [-0.3, -0.25) is 0 Å². The molecular weight excluding hydrogens is 228 g/mol. The number of halogens is 2. The standard InChI is InChI=1S/C12H17F2NO2/c1-4-15-11(12(13)14)8-5-6-9(16-2)10(7-8)17-3/h5-7,11-12,15H,4H2,1-3H3. The van der Waals surface area contributed by atoms with E-state index in [2.05, 4.69) is 5.32 Å². The molecule has 1 aromatic rings. The number of nitrogens with one attached hydrogen (secondary N) is 1. The smallest absolute Gasteiger partial charge is 0.257 e.